The van der Waals surface area contributed by atoms with Gasteiger partial charge in [0.15, 0.2) is 0 Å². The van der Waals surface area contributed by atoms with Crippen LogP contribution >= 0.6 is 0 Å². The Labute approximate surface area is 234 Å². The van der Waals surface area contributed by atoms with Gasteiger partial charge in [-0.15, -0.1) is 0 Å². The fraction of sp³-hybridized carbons (Fsp3) is 0.371. The van der Waals surface area contributed by atoms with Gasteiger partial charge in [0.25, 0.3) is 0 Å². The fourth-order valence-corrected chi connectivity index (χ4v) is 4.08. The van der Waals surface area contributed by atoms with Crippen molar-refractivity contribution >= 4 is 18.0 Å². The molecule has 3 aromatic rings. The molecule has 0 bridgehead atoms. The summed E-state index contributed by atoms with van der Waals surface area (Å²) in [5.74, 6) is -0.424. The standard InChI is InChI=1S/C18H18.C11H14O2.C6H12O2/c1-14-6-2-3-7-16(14)11-10-15-12-17-8-4-5-9-18(17)13-15;1-3-8-13-11(12)10-6-4-9(2)5-7-10;1-5(2)3-4-6(7)8/h2-9,12H,10-11,13H2,1H3;4-7H,3,8H2,1-2H3;5H,3-4H2,1-2H3,(H,7,8). The summed E-state index contributed by atoms with van der Waals surface area (Å²) in [4.78, 5) is 21.2. The first-order chi connectivity index (χ1) is 18.7. The zero-order chi connectivity index (χ0) is 28.6. The van der Waals surface area contributed by atoms with E-state index in [9.17, 15) is 9.59 Å². The number of fused-ring (bicyclic) bond motifs is 1. The third-order valence-electron chi connectivity index (χ3n) is 6.47. The second-order valence-corrected chi connectivity index (χ2v) is 10.4. The number of hydrogen-bond donors (Lipinski definition) is 1. The number of rotatable bonds is 9. The van der Waals surface area contributed by atoms with E-state index in [1.54, 1.807) is 17.7 Å². The van der Waals surface area contributed by atoms with Gasteiger partial charge in [-0.3, -0.25) is 4.79 Å². The van der Waals surface area contributed by atoms with Crippen LogP contribution in [0.1, 0.15) is 84.6 Å². The number of carbonyl (C=O) groups is 2. The van der Waals surface area contributed by atoms with Crippen LogP contribution in [0, 0.1) is 19.8 Å². The monoisotopic (exact) mass is 528 g/mol. The second kappa shape index (κ2) is 17.0. The van der Waals surface area contributed by atoms with Gasteiger partial charge in [-0.2, -0.15) is 0 Å². The maximum absolute atomic E-state index is 11.3. The van der Waals surface area contributed by atoms with Crippen LogP contribution in [0.3, 0.4) is 0 Å². The number of aryl methyl sites for hydroxylation is 3. The van der Waals surface area contributed by atoms with E-state index in [0.717, 1.165) is 31.2 Å². The molecule has 0 radical (unpaired) electrons. The molecule has 39 heavy (non-hydrogen) atoms. The first-order valence-electron chi connectivity index (χ1n) is 14.0. The molecule has 0 unspecified atom stereocenters. The molecule has 4 rings (SSSR count). The van der Waals surface area contributed by atoms with Gasteiger partial charge in [-0.05, 0) is 86.3 Å². The second-order valence-electron chi connectivity index (χ2n) is 10.4. The van der Waals surface area contributed by atoms with Crippen molar-refractivity contribution in [3.8, 4) is 0 Å². The van der Waals surface area contributed by atoms with Crippen molar-refractivity contribution in [2.75, 3.05) is 6.61 Å². The molecule has 1 aliphatic rings. The summed E-state index contributed by atoms with van der Waals surface area (Å²) in [5.41, 5.74) is 9.13. The third kappa shape index (κ3) is 12.2. The van der Waals surface area contributed by atoms with E-state index in [2.05, 4.69) is 61.5 Å². The van der Waals surface area contributed by atoms with Crippen LogP contribution in [0.4, 0.5) is 0 Å². The number of hydrogen-bond acceptors (Lipinski definition) is 3. The lowest BCUT2D eigenvalue weighted by molar-refractivity contribution is -0.137. The summed E-state index contributed by atoms with van der Waals surface area (Å²) >= 11 is 0. The molecule has 0 atom stereocenters. The molecule has 0 saturated heterocycles. The van der Waals surface area contributed by atoms with Crippen LogP contribution in [0.15, 0.2) is 78.4 Å². The van der Waals surface area contributed by atoms with Crippen molar-refractivity contribution in [1.29, 1.82) is 0 Å². The van der Waals surface area contributed by atoms with Crippen molar-refractivity contribution in [1.82, 2.24) is 0 Å². The minimum atomic E-state index is -0.696. The molecule has 1 aliphatic carbocycles. The minimum absolute atomic E-state index is 0.234. The maximum Gasteiger partial charge on any atom is 0.338 e. The summed E-state index contributed by atoms with van der Waals surface area (Å²) in [7, 11) is 0. The molecule has 0 aromatic heterocycles. The normalized spacial score (nSPS) is 11.4. The Kier molecular flexibility index (Phi) is 13.8. The Hall–Kier alpha value is -3.66. The average molecular weight is 529 g/mol. The highest BCUT2D eigenvalue weighted by Crippen LogP contribution is 2.27. The van der Waals surface area contributed by atoms with Crippen LogP contribution in [-0.2, 0) is 22.4 Å². The highest BCUT2D eigenvalue weighted by molar-refractivity contribution is 5.89. The van der Waals surface area contributed by atoms with Gasteiger partial charge in [0.1, 0.15) is 0 Å². The Morgan fingerprint density at radius 1 is 0.897 bits per heavy atom. The molecule has 0 spiro atoms. The van der Waals surface area contributed by atoms with Crippen LogP contribution in [-0.4, -0.2) is 23.7 Å². The van der Waals surface area contributed by atoms with E-state index in [1.165, 1.54) is 28.7 Å². The van der Waals surface area contributed by atoms with Gasteiger partial charge >= 0.3 is 11.9 Å². The Morgan fingerprint density at radius 3 is 2.15 bits per heavy atom. The third-order valence-corrected chi connectivity index (χ3v) is 6.47. The number of carboxylic acid groups (broad SMARTS) is 1. The molecule has 4 nitrogen and oxygen atoms in total. The SMILES string of the molecule is CC(C)CCC(=O)O.CCCOC(=O)c1ccc(C)cc1.Cc1ccccc1CCC1=Cc2ccccc2C1. The van der Waals surface area contributed by atoms with E-state index in [4.69, 9.17) is 9.84 Å². The lowest BCUT2D eigenvalue weighted by Gasteiger charge is -2.06. The molecular formula is C35H44O4. The Bertz CT molecular complexity index is 1210. The maximum atomic E-state index is 11.3. The minimum Gasteiger partial charge on any atom is -0.481 e. The highest BCUT2D eigenvalue weighted by Gasteiger charge is 2.11. The summed E-state index contributed by atoms with van der Waals surface area (Å²) in [6.07, 6.45) is 7.80. The lowest BCUT2D eigenvalue weighted by atomic mass is 10.00. The fourth-order valence-electron chi connectivity index (χ4n) is 4.08. The number of carboxylic acids is 1. The van der Waals surface area contributed by atoms with E-state index in [0.29, 0.717) is 24.5 Å². The molecule has 0 aliphatic heterocycles. The van der Waals surface area contributed by atoms with Crippen LogP contribution in [0.2, 0.25) is 0 Å². The van der Waals surface area contributed by atoms with Gasteiger partial charge in [0.2, 0.25) is 0 Å². The van der Waals surface area contributed by atoms with E-state index in [-0.39, 0.29) is 5.97 Å². The lowest BCUT2D eigenvalue weighted by Crippen LogP contribution is -2.05. The van der Waals surface area contributed by atoms with Crippen molar-refractivity contribution in [2.24, 2.45) is 5.92 Å². The highest BCUT2D eigenvalue weighted by atomic mass is 16.5. The number of ether oxygens (including phenoxy) is 1. The molecule has 1 N–H and O–H groups in total. The molecule has 0 amide bonds. The first-order valence-corrected chi connectivity index (χ1v) is 14.0. The Morgan fingerprint density at radius 2 is 1.56 bits per heavy atom. The topological polar surface area (TPSA) is 63.6 Å². The summed E-state index contributed by atoms with van der Waals surface area (Å²) in [6, 6.07) is 24.8. The van der Waals surface area contributed by atoms with Gasteiger partial charge in [0.05, 0.1) is 12.2 Å². The van der Waals surface area contributed by atoms with E-state index < -0.39 is 5.97 Å². The molecular weight excluding hydrogens is 484 g/mol. The van der Waals surface area contributed by atoms with Crippen molar-refractivity contribution in [3.63, 3.8) is 0 Å². The smallest absolute Gasteiger partial charge is 0.338 e. The average Bonchev–Trinajstić information content (AvgIpc) is 3.34. The van der Waals surface area contributed by atoms with Crippen LogP contribution in [0.25, 0.3) is 6.08 Å². The van der Waals surface area contributed by atoms with Gasteiger partial charge < -0.3 is 9.84 Å². The molecule has 0 fully saturated rings. The quantitative estimate of drug-likeness (QED) is 0.282. The number of benzene rings is 3. The first kappa shape index (κ1) is 31.6. The summed E-state index contributed by atoms with van der Waals surface area (Å²) in [5, 5.41) is 8.16. The predicted molar refractivity (Wildman–Crippen MR) is 161 cm³/mol. The predicted octanol–water partition coefficient (Wildman–Crippen LogP) is 8.64. The van der Waals surface area contributed by atoms with Crippen LogP contribution < -0.4 is 0 Å². The van der Waals surface area contributed by atoms with E-state index >= 15 is 0 Å². The largest absolute Gasteiger partial charge is 0.481 e. The molecule has 0 heterocycles. The number of allylic oxidation sites excluding steroid dienone is 1. The van der Waals surface area contributed by atoms with Gasteiger partial charge in [-0.1, -0.05) is 98.6 Å². The number of aliphatic carboxylic acids is 1. The summed E-state index contributed by atoms with van der Waals surface area (Å²) in [6.45, 7) is 10.7. The summed E-state index contributed by atoms with van der Waals surface area (Å²) < 4.78 is 4.98. The van der Waals surface area contributed by atoms with E-state index in [1.807, 2.05) is 39.8 Å². The zero-order valence-corrected chi connectivity index (χ0v) is 24.2. The zero-order valence-electron chi connectivity index (χ0n) is 24.2. The number of esters is 1. The number of carbonyl (C=O) groups excluding carboxylic acids is 1. The molecule has 208 valence electrons. The van der Waals surface area contributed by atoms with Crippen molar-refractivity contribution in [2.45, 2.75) is 73.1 Å². The molecule has 3 aromatic carbocycles. The van der Waals surface area contributed by atoms with Gasteiger partial charge in [-0.25, -0.2) is 4.79 Å². The van der Waals surface area contributed by atoms with Crippen LogP contribution in [0.5, 0.6) is 0 Å². The molecule has 4 heteroatoms. The van der Waals surface area contributed by atoms with Gasteiger partial charge in [0, 0.05) is 6.42 Å². The van der Waals surface area contributed by atoms with Crippen molar-refractivity contribution in [3.05, 3.63) is 112 Å². The Balaban J connectivity index is 0.000000224. The van der Waals surface area contributed by atoms with Crippen molar-refractivity contribution < 1.29 is 19.4 Å². The molecule has 0 saturated carbocycles.